The molecule has 0 N–H and O–H groups in total. The summed E-state index contributed by atoms with van der Waals surface area (Å²) in [5.74, 6) is 0. The van der Waals surface area contributed by atoms with Gasteiger partial charge in [-0.25, -0.2) is 0 Å². The smallest absolute Gasteiger partial charge is 0.147 e. The highest BCUT2D eigenvalue weighted by molar-refractivity contribution is 5.54. The van der Waals surface area contributed by atoms with E-state index in [4.69, 9.17) is 21.0 Å². The molecule has 0 saturated carbocycles. The summed E-state index contributed by atoms with van der Waals surface area (Å²) in [5.41, 5.74) is -0.475. The van der Waals surface area contributed by atoms with Crippen LogP contribution in [-0.4, -0.2) is 36.0 Å². The molecule has 0 aliphatic carbocycles. The van der Waals surface area contributed by atoms with Gasteiger partial charge in [0.1, 0.15) is 71.1 Å². The lowest BCUT2D eigenvalue weighted by Gasteiger charge is -2.25. The minimum atomic E-state index is -0.335. The Labute approximate surface area is 237 Å². The molecule has 0 fully saturated rings. The van der Waals surface area contributed by atoms with Crippen molar-refractivity contribution < 1.29 is 0 Å². The average Bonchev–Trinajstić information content (AvgIpc) is 2.98. The lowest BCUT2D eigenvalue weighted by molar-refractivity contribution is 0.323. The lowest BCUT2D eigenvalue weighted by Crippen LogP contribution is -2.26. The van der Waals surface area contributed by atoms with Gasteiger partial charge in [0.05, 0.1) is 11.1 Å². The van der Waals surface area contributed by atoms with Crippen molar-refractivity contribution in [2.45, 2.75) is 65.2 Å². The first-order valence-corrected chi connectivity index (χ1v) is 13.1. The van der Waals surface area contributed by atoms with Crippen LogP contribution in [-0.2, 0) is 0 Å². The number of hydrogen-bond donors (Lipinski definition) is 0. The summed E-state index contributed by atoms with van der Waals surface area (Å²) in [6.45, 7) is 6.40. The molecule has 0 aliphatic rings. The molecule has 0 amide bonds. The van der Waals surface area contributed by atoms with Crippen molar-refractivity contribution in [3.63, 3.8) is 0 Å². The molecule has 0 aromatic rings. The lowest BCUT2D eigenvalue weighted by atomic mass is 10.1. The molecule has 0 aromatic carbocycles. The van der Waals surface area contributed by atoms with E-state index < -0.39 is 0 Å². The Morgan fingerprint density at radius 3 is 1.02 bits per heavy atom. The second kappa shape index (κ2) is 21.6. The summed E-state index contributed by atoms with van der Waals surface area (Å²) in [5, 5.41) is 74.4. The minimum absolute atomic E-state index is 0.136. The molecule has 10 heteroatoms. The molecule has 202 valence electrons. The SMILES string of the molecule is CCCCN(CCCCCCN(CCCC)C(C#N)=CC(C#N)=C(C#N)C#N)C(C#N)=CC(C#N)=C(C#N)C#N. The number of unbranched alkanes of at least 4 members (excludes halogenated alkanes) is 5. The van der Waals surface area contributed by atoms with E-state index in [2.05, 4.69) is 12.1 Å². The van der Waals surface area contributed by atoms with Gasteiger partial charge in [0.25, 0.3) is 0 Å². The Kier molecular flexibility index (Phi) is 18.6. The maximum Gasteiger partial charge on any atom is 0.147 e. The van der Waals surface area contributed by atoms with E-state index in [0.29, 0.717) is 26.2 Å². The van der Waals surface area contributed by atoms with Crippen molar-refractivity contribution in [1.29, 1.82) is 42.1 Å². The number of nitrogens with zero attached hydrogens (tertiary/aromatic N) is 10. The number of rotatable bonds is 17. The Bertz CT molecular complexity index is 1190. The second-order valence-electron chi connectivity index (χ2n) is 8.63. The molecule has 0 aliphatic heterocycles. The summed E-state index contributed by atoms with van der Waals surface area (Å²) in [7, 11) is 0. The summed E-state index contributed by atoms with van der Waals surface area (Å²) in [6.07, 6.45) is 9.30. The highest BCUT2D eigenvalue weighted by atomic mass is 15.1. The number of hydrogen-bond acceptors (Lipinski definition) is 10. The molecular formula is C30H32N10. The van der Waals surface area contributed by atoms with Crippen LogP contribution in [0, 0.1) is 90.6 Å². The first-order valence-electron chi connectivity index (χ1n) is 13.1. The zero-order chi connectivity index (χ0) is 30.2. The summed E-state index contributed by atoms with van der Waals surface area (Å²) >= 11 is 0. The second-order valence-corrected chi connectivity index (χ2v) is 8.63. The molecule has 0 spiro atoms. The first-order chi connectivity index (χ1) is 19.4. The average molecular weight is 533 g/mol. The monoisotopic (exact) mass is 532 g/mol. The molecule has 0 bridgehead atoms. The first kappa shape index (κ1) is 34.5. The van der Waals surface area contributed by atoms with Crippen LogP contribution in [0.3, 0.4) is 0 Å². The minimum Gasteiger partial charge on any atom is -0.363 e. The van der Waals surface area contributed by atoms with Gasteiger partial charge in [0.2, 0.25) is 0 Å². The molecule has 0 aromatic heterocycles. The number of allylic oxidation sites excluding steroid dienone is 8. The molecule has 0 rings (SSSR count). The maximum absolute atomic E-state index is 9.71. The van der Waals surface area contributed by atoms with Gasteiger partial charge in [-0.15, -0.1) is 0 Å². The third-order valence-electron chi connectivity index (χ3n) is 5.87. The van der Waals surface area contributed by atoms with Crippen LogP contribution in [0.4, 0.5) is 0 Å². The van der Waals surface area contributed by atoms with E-state index in [9.17, 15) is 21.0 Å². The van der Waals surface area contributed by atoms with Crippen LogP contribution < -0.4 is 0 Å². The standard InChI is InChI=1S/C30H32N10/c1-3-5-11-39(29(23-37)15-25(17-31)27(19-33)20-34)13-9-7-8-10-14-40(12-6-4-2)30(24-38)16-26(18-32)28(21-35)22-36/h15-16H,3-14H2,1-2H3. The maximum atomic E-state index is 9.71. The van der Waals surface area contributed by atoms with Crippen molar-refractivity contribution in [2.75, 3.05) is 26.2 Å². The van der Waals surface area contributed by atoms with E-state index in [1.165, 1.54) is 12.2 Å². The van der Waals surface area contributed by atoms with Crippen molar-refractivity contribution in [2.24, 2.45) is 0 Å². The fraction of sp³-hybridized carbons (Fsp3) is 0.467. The Morgan fingerprint density at radius 1 is 0.450 bits per heavy atom. The molecule has 0 atom stereocenters. The normalized spacial score (nSPS) is 10.1. The van der Waals surface area contributed by atoms with Gasteiger partial charge in [-0.05, 0) is 37.8 Å². The van der Waals surface area contributed by atoms with E-state index in [0.717, 1.165) is 51.4 Å². The number of nitriles is 8. The van der Waals surface area contributed by atoms with Gasteiger partial charge >= 0.3 is 0 Å². The van der Waals surface area contributed by atoms with Crippen LogP contribution in [0.25, 0.3) is 0 Å². The van der Waals surface area contributed by atoms with Crippen molar-refractivity contribution in [3.8, 4) is 48.6 Å². The molecule has 0 heterocycles. The molecular weight excluding hydrogens is 500 g/mol. The predicted octanol–water partition coefficient (Wildman–Crippen LogP) is 5.30. The van der Waals surface area contributed by atoms with Crippen LogP contribution in [0.5, 0.6) is 0 Å². The van der Waals surface area contributed by atoms with Crippen LogP contribution in [0.15, 0.2) is 45.8 Å². The fourth-order valence-corrected chi connectivity index (χ4v) is 3.64. The van der Waals surface area contributed by atoms with Crippen LogP contribution in [0.2, 0.25) is 0 Å². The van der Waals surface area contributed by atoms with Gasteiger partial charge in [-0.3, -0.25) is 0 Å². The predicted molar refractivity (Wildman–Crippen MR) is 147 cm³/mol. The molecule has 0 unspecified atom stereocenters. The van der Waals surface area contributed by atoms with Gasteiger partial charge in [-0.2, -0.15) is 42.1 Å². The summed E-state index contributed by atoms with van der Waals surface area (Å²) in [6, 6.07) is 14.6. The highest BCUT2D eigenvalue weighted by Gasteiger charge is 2.14. The zero-order valence-corrected chi connectivity index (χ0v) is 23.1. The Balaban J connectivity index is 5.47. The van der Waals surface area contributed by atoms with Gasteiger partial charge < -0.3 is 9.80 Å². The topological polar surface area (TPSA) is 197 Å². The zero-order valence-electron chi connectivity index (χ0n) is 23.1. The Hall–Kier alpha value is -5.52. The Morgan fingerprint density at radius 2 is 0.775 bits per heavy atom. The highest BCUT2D eigenvalue weighted by Crippen LogP contribution is 2.16. The van der Waals surface area contributed by atoms with Crippen LogP contribution in [0.1, 0.15) is 65.2 Å². The van der Waals surface area contributed by atoms with Crippen molar-refractivity contribution >= 4 is 0 Å². The largest absolute Gasteiger partial charge is 0.363 e. The quantitative estimate of drug-likeness (QED) is 0.134. The van der Waals surface area contributed by atoms with Crippen molar-refractivity contribution in [1.82, 2.24) is 9.80 Å². The van der Waals surface area contributed by atoms with Crippen LogP contribution >= 0.6 is 0 Å². The molecule has 10 nitrogen and oxygen atoms in total. The molecule has 40 heavy (non-hydrogen) atoms. The van der Waals surface area contributed by atoms with E-state index in [1.54, 1.807) is 24.3 Å². The van der Waals surface area contributed by atoms with E-state index in [1.807, 2.05) is 35.8 Å². The molecule has 0 radical (unpaired) electrons. The summed E-state index contributed by atoms with van der Waals surface area (Å²) < 4.78 is 0. The van der Waals surface area contributed by atoms with Gasteiger partial charge in [0, 0.05) is 26.2 Å². The fourth-order valence-electron chi connectivity index (χ4n) is 3.64. The third kappa shape index (κ3) is 12.1. The summed E-state index contributed by atoms with van der Waals surface area (Å²) in [4.78, 5) is 3.74. The molecule has 0 saturated heterocycles. The van der Waals surface area contributed by atoms with E-state index >= 15 is 0 Å². The van der Waals surface area contributed by atoms with E-state index in [-0.39, 0.29) is 33.7 Å². The van der Waals surface area contributed by atoms with Crippen molar-refractivity contribution in [3.05, 3.63) is 45.8 Å². The van der Waals surface area contributed by atoms with Gasteiger partial charge in [0.15, 0.2) is 0 Å². The van der Waals surface area contributed by atoms with Gasteiger partial charge in [-0.1, -0.05) is 39.5 Å². The third-order valence-corrected chi connectivity index (χ3v) is 5.87.